The summed E-state index contributed by atoms with van der Waals surface area (Å²) in [4.78, 5) is 5.67. The molecule has 0 saturated carbocycles. The highest BCUT2D eigenvalue weighted by molar-refractivity contribution is 7.73. The average molecular weight is 357 g/mol. The second kappa shape index (κ2) is 6.69. The fourth-order valence-corrected chi connectivity index (χ4v) is 4.17. The van der Waals surface area contributed by atoms with E-state index in [-0.39, 0.29) is 5.04 Å². The lowest BCUT2D eigenvalue weighted by Crippen LogP contribution is -2.46. The molecule has 1 N–H and O–H groups in total. The molecule has 6 heteroatoms. The molecule has 0 fully saturated rings. The van der Waals surface area contributed by atoms with Crippen molar-refractivity contribution in [3.8, 4) is 0 Å². The molecule has 1 aromatic heterocycles. The first-order valence-corrected chi connectivity index (χ1v) is 12.0. The topological polar surface area (TPSA) is 28.3 Å². The van der Waals surface area contributed by atoms with E-state index < -0.39 is 8.32 Å². The highest BCUT2D eigenvalue weighted by Gasteiger charge is 2.38. The third-order valence-corrected chi connectivity index (χ3v) is 10.5. The summed E-state index contributed by atoms with van der Waals surface area (Å²) in [6.45, 7) is 13.3. The van der Waals surface area contributed by atoms with Crippen LogP contribution in [0.2, 0.25) is 18.1 Å². The molecule has 0 amide bonds. The van der Waals surface area contributed by atoms with Gasteiger partial charge in [-0.25, -0.2) is 0 Å². The SMILES string of the molecule is CN1CC(c2csc(=S)[nH]2)=CC[C@@H]1CO[Si](C)(C)C(C)(C)C. The van der Waals surface area contributed by atoms with Crippen molar-refractivity contribution in [1.29, 1.82) is 0 Å². The lowest BCUT2D eigenvalue weighted by Gasteiger charge is -2.39. The van der Waals surface area contributed by atoms with Crippen LogP contribution in [0.5, 0.6) is 0 Å². The summed E-state index contributed by atoms with van der Waals surface area (Å²) >= 11 is 6.78. The predicted octanol–water partition coefficient (Wildman–Crippen LogP) is 4.91. The van der Waals surface area contributed by atoms with E-state index in [0.717, 1.165) is 23.5 Å². The molecule has 124 valence electrons. The summed E-state index contributed by atoms with van der Waals surface area (Å²) in [6, 6.07) is 0.472. The van der Waals surface area contributed by atoms with Crippen LogP contribution < -0.4 is 0 Å². The van der Waals surface area contributed by atoms with Crippen LogP contribution in [-0.2, 0) is 4.43 Å². The van der Waals surface area contributed by atoms with Gasteiger partial charge in [0, 0.05) is 24.6 Å². The Balaban J connectivity index is 1.99. The first kappa shape index (κ1) is 18.1. The Bertz CT molecular complexity index is 598. The third-order valence-electron chi connectivity index (χ3n) is 4.99. The summed E-state index contributed by atoms with van der Waals surface area (Å²) in [5.74, 6) is 0. The van der Waals surface area contributed by atoms with Crippen LogP contribution in [0, 0.1) is 3.95 Å². The molecule has 1 aliphatic heterocycles. The van der Waals surface area contributed by atoms with Crippen molar-refractivity contribution in [2.45, 2.75) is 51.4 Å². The first-order chi connectivity index (χ1) is 10.1. The molecule has 0 aromatic carbocycles. The zero-order valence-corrected chi connectivity index (χ0v) is 17.2. The van der Waals surface area contributed by atoms with Crippen molar-refractivity contribution in [3.05, 3.63) is 21.1 Å². The molecule has 2 rings (SSSR count). The number of aromatic amines is 1. The maximum absolute atomic E-state index is 6.39. The molecule has 0 saturated heterocycles. The molecule has 0 radical (unpaired) electrons. The Labute approximate surface area is 144 Å². The Morgan fingerprint density at radius 2 is 2.14 bits per heavy atom. The van der Waals surface area contributed by atoms with Crippen LogP contribution in [0.3, 0.4) is 0 Å². The van der Waals surface area contributed by atoms with Crippen molar-refractivity contribution < 1.29 is 4.43 Å². The number of likely N-dealkylation sites (N-methyl/N-ethyl adjacent to an activating group) is 1. The maximum Gasteiger partial charge on any atom is 0.192 e. The highest BCUT2D eigenvalue weighted by Crippen LogP contribution is 2.37. The summed E-state index contributed by atoms with van der Waals surface area (Å²) in [5, 5.41) is 2.39. The van der Waals surface area contributed by atoms with Gasteiger partial charge in [0.1, 0.15) is 0 Å². The summed E-state index contributed by atoms with van der Waals surface area (Å²) in [6.07, 6.45) is 3.38. The van der Waals surface area contributed by atoms with Gasteiger partial charge in [-0.1, -0.05) is 26.8 Å². The maximum atomic E-state index is 6.39. The molecule has 1 aliphatic rings. The lowest BCUT2D eigenvalue weighted by molar-refractivity contribution is 0.159. The van der Waals surface area contributed by atoms with E-state index in [9.17, 15) is 0 Å². The number of hydrogen-bond acceptors (Lipinski definition) is 4. The van der Waals surface area contributed by atoms with Crippen molar-refractivity contribution in [2.24, 2.45) is 0 Å². The minimum atomic E-state index is -1.66. The van der Waals surface area contributed by atoms with Gasteiger partial charge in [-0.3, -0.25) is 4.90 Å². The fraction of sp³-hybridized carbons (Fsp3) is 0.688. The molecule has 0 spiro atoms. The van der Waals surface area contributed by atoms with Gasteiger partial charge in [0.2, 0.25) is 0 Å². The number of thiazole rings is 1. The second-order valence-electron chi connectivity index (χ2n) is 7.67. The number of rotatable bonds is 4. The second-order valence-corrected chi connectivity index (χ2v) is 14.0. The van der Waals surface area contributed by atoms with E-state index in [1.165, 1.54) is 11.3 Å². The van der Waals surface area contributed by atoms with Gasteiger partial charge in [-0.05, 0) is 49.4 Å². The number of nitrogens with zero attached hydrogens (tertiary/aromatic N) is 1. The average Bonchev–Trinajstić information content (AvgIpc) is 2.82. The lowest BCUT2D eigenvalue weighted by atomic mass is 10.0. The van der Waals surface area contributed by atoms with Crippen molar-refractivity contribution in [1.82, 2.24) is 9.88 Å². The van der Waals surface area contributed by atoms with Gasteiger partial charge in [-0.15, -0.1) is 11.3 Å². The zero-order valence-electron chi connectivity index (χ0n) is 14.5. The third kappa shape index (κ3) is 4.17. The number of aromatic nitrogens is 1. The van der Waals surface area contributed by atoms with Crippen LogP contribution >= 0.6 is 23.6 Å². The van der Waals surface area contributed by atoms with E-state index >= 15 is 0 Å². The van der Waals surface area contributed by atoms with Crippen LogP contribution in [-0.4, -0.2) is 44.4 Å². The van der Waals surface area contributed by atoms with Gasteiger partial charge in [0.25, 0.3) is 0 Å². The predicted molar refractivity (Wildman–Crippen MR) is 102 cm³/mol. The van der Waals surface area contributed by atoms with Gasteiger partial charge in [0.05, 0.1) is 5.69 Å². The summed E-state index contributed by atoms with van der Waals surface area (Å²) in [5.41, 5.74) is 2.52. The smallest absolute Gasteiger partial charge is 0.192 e. The zero-order chi connectivity index (χ0) is 16.5. The van der Waals surface area contributed by atoms with Crippen LogP contribution in [0.4, 0.5) is 0 Å². The molecule has 2 heterocycles. The van der Waals surface area contributed by atoms with E-state index in [0.29, 0.717) is 6.04 Å². The normalized spacial score (nSPS) is 21.0. The van der Waals surface area contributed by atoms with E-state index in [1.807, 2.05) is 0 Å². The molecule has 3 nitrogen and oxygen atoms in total. The Hall–Kier alpha value is -0.273. The molecule has 1 aromatic rings. The molecule has 22 heavy (non-hydrogen) atoms. The van der Waals surface area contributed by atoms with E-state index in [2.05, 4.69) is 62.3 Å². The van der Waals surface area contributed by atoms with Gasteiger partial charge in [0.15, 0.2) is 12.3 Å². The molecule has 0 unspecified atom stereocenters. The van der Waals surface area contributed by atoms with Crippen molar-refractivity contribution in [2.75, 3.05) is 20.2 Å². The van der Waals surface area contributed by atoms with Gasteiger partial charge < -0.3 is 9.41 Å². The van der Waals surface area contributed by atoms with Crippen LogP contribution in [0.15, 0.2) is 11.5 Å². The van der Waals surface area contributed by atoms with Crippen molar-refractivity contribution in [3.63, 3.8) is 0 Å². The first-order valence-electron chi connectivity index (χ1n) is 7.81. The molecule has 0 aliphatic carbocycles. The Morgan fingerprint density at radius 3 is 2.64 bits per heavy atom. The number of H-pyrrole nitrogens is 1. The number of nitrogens with one attached hydrogen (secondary N) is 1. The number of hydrogen-bond donors (Lipinski definition) is 1. The van der Waals surface area contributed by atoms with Crippen molar-refractivity contribution >= 4 is 37.4 Å². The largest absolute Gasteiger partial charge is 0.415 e. The Kier molecular flexibility index (Phi) is 5.49. The Morgan fingerprint density at radius 1 is 1.45 bits per heavy atom. The van der Waals surface area contributed by atoms with Gasteiger partial charge >= 0.3 is 0 Å². The molecular weight excluding hydrogens is 328 g/mol. The molecule has 0 bridgehead atoms. The van der Waals surface area contributed by atoms with Crippen LogP contribution in [0.25, 0.3) is 5.57 Å². The molecular formula is C16H28N2OS2Si. The highest BCUT2D eigenvalue weighted by atomic mass is 32.1. The van der Waals surface area contributed by atoms with E-state index in [4.69, 9.17) is 16.6 Å². The minimum Gasteiger partial charge on any atom is -0.415 e. The van der Waals surface area contributed by atoms with Gasteiger partial charge in [-0.2, -0.15) is 0 Å². The van der Waals surface area contributed by atoms with E-state index in [1.54, 1.807) is 11.3 Å². The standard InChI is InChI=1S/C16H28N2OS2Si/c1-16(2,3)22(5,6)19-10-13-8-7-12(9-18(13)4)14-11-21-15(20)17-14/h7,11,13H,8-10H2,1-6H3,(H,17,20)/t13-/m1/s1. The molecule has 1 atom stereocenters. The summed E-state index contributed by atoms with van der Waals surface area (Å²) in [7, 11) is 0.526. The minimum absolute atomic E-state index is 0.271. The summed E-state index contributed by atoms with van der Waals surface area (Å²) < 4.78 is 7.24. The quantitative estimate of drug-likeness (QED) is 0.613. The fourth-order valence-electron chi connectivity index (χ4n) is 2.27. The monoisotopic (exact) mass is 356 g/mol. The van der Waals surface area contributed by atoms with Crippen LogP contribution in [0.1, 0.15) is 32.9 Å².